The third kappa shape index (κ3) is 7.45. The molecule has 29 heavy (non-hydrogen) atoms. The van der Waals surface area contributed by atoms with E-state index in [1.807, 2.05) is 48.5 Å². The zero-order valence-electron chi connectivity index (χ0n) is 16.4. The number of carbonyl (C=O) groups excluding carboxylic acids is 1. The smallest absolute Gasteiger partial charge is 0.224 e. The second-order valence-electron chi connectivity index (χ2n) is 6.30. The molecule has 0 saturated carbocycles. The molecule has 3 rings (SSSR count). The van der Waals surface area contributed by atoms with Gasteiger partial charge in [-0.25, -0.2) is 0 Å². The highest BCUT2D eigenvalue weighted by atomic mass is 127. The van der Waals surface area contributed by atoms with Gasteiger partial charge in [-0.2, -0.15) is 0 Å². The van der Waals surface area contributed by atoms with E-state index in [9.17, 15) is 4.79 Å². The number of rotatable bonds is 8. The average molecular weight is 510 g/mol. The lowest BCUT2D eigenvalue weighted by Crippen LogP contribution is -2.41. The van der Waals surface area contributed by atoms with Crippen molar-refractivity contribution < 1.29 is 14.3 Å². The number of anilines is 1. The van der Waals surface area contributed by atoms with Gasteiger partial charge in [-0.1, -0.05) is 18.2 Å². The summed E-state index contributed by atoms with van der Waals surface area (Å²) >= 11 is 0. The van der Waals surface area contributed by atoms with Crippen molar-refractivity contribution in [2.24, 2.45) is 4.99 Å². The van der Waals surface area contributed by atoms with Gasteiger partial charge in [-0.3, -0.25) is 9.79 Å². The number of nitrogens with one attached hydrogen (secondary N) is 3. The molecule has 2 aromatic carbocycles. The number of guanidine groups is 1. The van der Waals surface area contributed by atoms with Crippen LogP contribution in [0.5, 0.6) is 11.5 Å². The Morgan fingerprint density at radius 3 is 2.38 bits per heavy atom. The van der Waals surface area contributed by atoms with Crippen LogP contribution < -0.4 is 25.4 Å². The van der Waals surface area contributed by atoms with Crippen LogP contribution in [0, 0.1) is 0 Å². The molecule has 1 heterocycles. The van der Waals surface area contributed by atoms with Gasteiger partial charge in [-0.15, -0.1) is 24.0 Å². The predicted octanol–water partition coefficient (Wildman–Crippen LogP) is 2.81. The van der Waals surface area contributed by atoms with E-state index in [4.69, 9.17) is 9.47 Å². The van der Waals surface area contributed by atoms with Crippen molar-refractivity contribution >= 4 is 41.5 Å². The standard InChI is InChI=1S/C21H26N4O3.HI/c1-22-21(23-11-13-27-17-5-3-2-4-6-17)24-12-14-28-18-8-9-19-16(15-18)7-10-20(26)25-19;/h2-6,8-9,15H,7,10-14H2,1H3,(H,25,26)(H2,22,23,24);1H. The summed E-state index contributed by atoms with van der Waals surface area (Å²) in [5.41, 5.74) is 1.99. The molecule has 1 aliphatic heterocycles. The van der Waals surface area contributed by atoms with Gasteiger partial charge < -0.3 is 25.4 Å². The normalized spacial score (nSPS) is 12.9. The molecule has 2 aromatic rings. The van der Waals surface area contributed by atoms with E-state index in [1.165, 1.54) is 0 Å². The molecule has 0 radical (unpaired) electrons. The Morgan fingerprint density at radius 1 is 1.00 bits per heavy atom. The first-order valence-electron chi connectivity index (χ1n) is 9.42. The molecule has 0 unspecified atom stereocenters. The molecule has 7 nitrogen and oxygen atoms in total. The number of fused-ring (bicyclic) bond motifs is 1. The summed E-state index contributed by atoms with van der Waals surface area (Å²) in [7, 11) is 1.73. The zero-order chi connectivity index (χ0) is 19.6. The molecule has 8 heteroatoms. The Labute approximate surface area is 188 Å². The minimum atomic E-state index is 0. The van der Waals surface area contributed by atoms with E-state index in [1.54, 1.807) is 7.05 Å². The van der Waals surface area contributed by atoms with Crippen molar-refractivity contribution in [1.29, 1.82) is 0 Å². The summed E-state index contributed by atoms with van der Waals surface area (Å²) in [4.78, 5) is 15.6. The van der Waals surface area contributed by atoms with Crippen LogP contribution in [-0.2, 0) is 11.2 Å². The summed E-state index contributed by atoms with van der Waals surface area (Å²) in [6.45, 7) is 2.32. The maximum absolute atomic E-state index is 11.4. The lowest BCUT2D eigenvalue weighted by atomic mass is 10.0. The lowest BCUT2D eigenvalue weighted by molar-refractivity contribution is -0.116. The van der Waals surface area contributed by atoms with E-state index in [2.05, 4.69) is 20.9 Å². The third-order valence-electron chi connectivity index (χ3n) is 4.27. The van der Waals surface area contributed by atoms with E-state index >= 15 is 0 Å². The number of aliphatic imine (C=N–C) groups is 1. The van der Waals surface area contributed by atoms with Crippen LogP contribution in [0.25, 0.3) is 0 Å². The summed E-state index contributed by atoms with van der Waals surface area (Å²) in [6.07, 6.45) is 1.27. The quantitative estimate of drug-likeness (QED) is 0.220. The molecule has 0 aromatic heterocycles. The Balaban J connectivity index is 0.00000300. The van der Waals surface area contributed by atoms with Gasteiger partial charge in [0.05, 0.1) is 13.1 Å². The second kappa shape index (κ2) is 12.2. The number of para-hydroxylation sites is 1. The van der Waals surface area contributed by atoms with Crippen LogP contribution in [0.4, 0.5) is 5.69 Å². The van der Waals surface area contributed by atoms with Crippen LogP contribution in [0.15, 0.2) is 53.5 Å². The van der Waals surface area contributed by atoms with Crippen molar-refractivity contribution in [3.05, 3.63) is 54.1 Å². The van der Waals surface area contributed by atoms with Crippen molar-refractivity contribution in [3.8, 4) is 11.5 Å². The average Bonchev–Trinajstić information content (AvgIpc) is 2.73. The molecule has 3 N–H and O–H groups in total. The molecule has 0 aliphatic carbocycles. The fraction of sp³-hybridized carbons (Fsp3) is 0.333. The first kappa shape index (κ1) is 22.8. The molecule has 1 amide bonds. The summed E-state index contributed by atoms with van der Waals surface area (Å²) in [6, 6.07) is 15.5. The Hall–Kier alpha value is -2.49. The van der Waals surface area contributed by atoms with Gasteiger partial charge >= 0.3 is 0 Å². The van der Waals surface area contributed by atoms with E-state index in [0.717, 1.165) is 29.2 Å². The number of ether oxygens (including phenoxy) is 2. The van der Waals surface area contributed by atoms with Crippen molar-refractivity contribution in [2.45, 2.75) is 12.8 Å². The minimum Gasteiger partial charge on any atom is -0.492 e. The summed E-state index contributed by atoms with van der Waals surface area (Å²) < 4.78 is 11.4. The van der Waals surface area contributed by atoms with Gasteiger partial charge in [0.25, 0.3) is 0 Å². The van der Waals surface area contributed by atoms with Gasteiger partial charge in [0.15, 0.2) is 5.96 Å². The highest BCUT2D eigenvalue weighted by Crippen LogP contribution is 2.26. The van der Waals surface area contributed by atoms with Gasteiger partial charge in [-0.05, 0) is 42.3 Å². The molecule has 1 aliphatic rings. The number of hydrogen-bond acceptors (Lipinski definition) is 4. The second-order valence-corrected chi connectivity index (χ2v) is 6.30. The zero-order valence-corrected chi connectivity index (χ0v) is 18.8. The monoisotopic (exact) mass is 510 g/mol. The highest BCUT2D eigenvalue weighted by Gasteiger charge is 2.14. The number of hydrogen-bond donors (Lipinski definition) is 3. The molecule has 0 spiro atoms. The first-order valence-corrected chi connectivity index (χ1v) is 9.42. The maximum atomic E-state index is 11.4. The largest absolute Gasteiger partial charge is 0.492 e. The molecular formula is C21H27IN4O3. The van der Waals surface area contributed by atoms with Gasteiger partial charge in [0.1, 0.15) is 24.7 Å². The van der Waals surface area contributed by atoms with Crippen LogP contribution in [-0.4, -0.2) is 45.2 Å². The first-order chi connectivity index (χ1) is 13.7. The van der Waals surface area contributed by atoms with E-state index in [-0.39, 0.29) is 29.9 Å². The molecule has 0 saturated heterocycles. The number of carbonyl (C=O) groups is 1. The fourth-order valence-electron chi connectivity index (χ4n) is 2.86. The Bertz CT molecular complexity index is 815. The van der Waals surface area contributed by atoms with Crippen molar-refractivity contribution in [3.63, 3.8) is 0 Å². The van der Waals surface area contributed by atoms with Gasteiger partial charge in [0, 0.05) is 19.2 Å². The summed E-state index contributed by atoms with van der Waals surface area (Å²) in [5.74, 6) is 2.42. The van der Waals surface area contributed by atoms with Gasteiger partial charge in [0.2, 0.25) is 5.91 Å². The van der Waals surface area contributed by atoms with Crippen LogP contribution >= 0.6 is 24.0 Å². The van der Waals surface area contributed by atoms with Crippen LogP contribution in [0.3, 0.4) is 0 Å². The SMILES string of the molecule is CN=C(NCCOc1ccccc1)NCCOc1ccc2c(c1)CCC(=O)N2.I. The van der Waals surface area contributed by atoms with Crippen LogP contribution in [0.2, 0.25) is 0 Å². The number of amides is 1. The topological polar surface area (TPSA) is 84.0 Å². The molecule has 0 bridgehead atoms. The molecule has 156 valence electrons. The summed E-state index contributed by atoms with van der Waals surface area (Å²) in [5, 5.41) is 9.28. The Kier molecular flexibility index (Phi) is 9.55. The molecule has 0 atom stereocenters. The van der Waals surface area contributed by atoms with E-state index < -0.39 is 0 Å². The van der Waals surface area contributed by atoms with Crippen molar-refractivity contribution in [1.82, 2.24) is 10.6 Å². The number of aryl methyl sites for hydroxylation is 1. The number of benzene rings is 2. The third-order valence-corrected chi connectivity index (χ3v) is 4.27. The highest BCUT2D eigenvalue weighted by molar-refractivity contribution is 14.0. The number of halogens is 1. The van der Waals surface area contributed by atoms with E-state index in [0.29, 0.717) is 38.7 Å². The predicted molar refractivity (Wildman–Crippen MR) is 126 cm³/mol. The lowest BCUT2D eigenvalue weighted by Gasteiger charge is -2.18. The fourth-order valence-corrected chi connectivity index (χ4v) is 2.86. The molecular weight excluding hydrogens is 483 g/mol. The minimum absolute atomic E-state index is 0. The Morgan fingerprint density at radius 2 is 1.69 bits per heavy atom. The molecule has 0 fully saturated rings. The van der Waals surface area contributed by atoms with Crippen LogP contribution in [0.1, 0.15) is 12.0 Å². The maximum Gasteiger partial charge on any atom is 0.224 e. The number of nitrogens with zero attached hydrogens (tertiary/aromatic N) is 1. The van der Waals surface area contributed by atoms with Crippen molar-refractivity contribution in [2.75, 3.05) is 38.7 Å².